The van der Waals surface area contributed by atoms with Crippen LogP contribution in [0.2, 0.25) is 0 Å². The monoisotopic (exact) mass is 435 g/mol. The van der Waals surface area contributed by atoms with Gasteiger partial charge in [0.2, 0.25) is 0 Å². The molecule has 0 radical (unpaired) electrons. The molecule has 2 heterocycles. The molecule has 9 heteroatoms. The molecule has 0 saturated carbocycles. The molecule has 1 saturated heterocycles. The summed E-state index contributed by atoms with van der Waals surface area (Å²) in [6, 6.07) is 7.74. The summed E-state index contributed by atoms with van der Waals surface area (Å²) in [4.78, 5) is 12.1. The molecular formula is C22H21F4N3O2. The Morgan fingerprint density at radius 1 is 1.13 bits per heavy atom. The van der Waals surface area contributed by atoms with Crippen molar-refractivity contribution in [1.82, 2.24) is 0 Å². The van der Waals surface area contributed by atoms with Gasteiger partial charge in [0.1, 0.15) is 5.82 Å². The van der Waals surface area contributed by atoms with E-state index in [0.717, 1.165) is 18.9 Å². The molecule has 1 amide bonds. The van der Waals surface area contributed by atoms with Gasteiger partial charge < -0.3 is 20.7 Å². The summed E-state index contributed by atoms with van der Waals surface area (Å²) in [6.07, 6.45) is -1.59. The molecule has 2 aliphatic heterocycles. The first-order chi connectivity index (χ1) is 14.8. The maximum Gasteiger partial charge on any atom is 0.418 e. The van der Waals surface area contributed by atoms with E-state index < -0.39 is 23.5 Å². The molecule has 5 nitrogen and oxygen atoms in total. The zero-order chi connectivity index (χ0) is 22.0. The summed E-state index contributed by atoms with van der Waals surface area (Å²) >= 11 is 0. The molecule has 2 aromatic rings. The fourth-order valence-corrected chi connectivity index (χ4v) is 3.69. The fraction of sp³-hybridized carbons (Fsp3) is 0.318. The quantitative estimate of drug-likeness (QED) is 0.452. The highest BCUT2D eigenvalue weighted by Gasteiger charge is 2.34. The average Bonchev–Trinajstić information content (AvgIpc) is 3.05. The molecule has 0 atom stereocenters. The summed E-state index contributed by atoms with van der Waals surface area (Å²) in [5.74, 6) is -0.686. The second-order valence-corrected chi connectivity index (χ2v) is 7.54. The smallest absolute Gasteiger partial charge is 0.384 e. The average molecular weight is 435 g/mol. The summed E-state index contributed by atoms with van der Waals surface area (Å²) in [6.45, 7) is 1.69. The molecule has 0 unspecified atom stereocenters. The number of carbonyl (C=O) groups excluding carboxylic acids is 1. The van der Waals surface area contributed by atoms with Crippen molar-refractivity contribution in [2.75, 3.05) is 35.7 Å². The van der Waals surface area contributed by atoms with Crippen molar-refractivity contribution in [3.8, 4) is 0 Å². The molecule has 1 fully saturated rings. The third kappa shape index (κ3) is 4.82. The van der Waals surface area contributed by atoms with Crippen LogP contribution in [0.1, 0.15) is 24.0 Å². The van der Waals surface area contributed by atoms with E-state index in [2.05, 4.69) is 16.0 Å². The van der Waals surface area contributed by atoms with Gasteiger partial charge in [-0.2, -0.15) is 13.2 Å². The van der Waals surface area contributed by atoms with Crippen molar-refractivity contribution < 1.29 is 27.1 Å². The Morgan fingerprint density at radius 3 is 2.65 bits per heavy atom. The zero-order valence-corrected chi connectivity index (χ0v) is 16.5. The van der Waals surface area contributed by atoms with Gasteiger partial charge in [-0.25, -0.2) is 4.39 Å². The molecule has 31 heavy (non-hydrogen) atoms. The van der Waals surface area contributed by atoms with E-state index in [1.165, 1.54) is 36.5 Å². The predicted molar refractivity (Wildman–Crippen MR) is 110 cm³/mol. The van der Waals surface area contributed by atoms with Crippen LogP contribution >= 0.6 is 0 Å². The summed E-state index contributed by atoms with van der Waals surface area (Å²) in [5, 5.41) is 8.21. The molecule has 2 aromatic carbocycles. The minimum Gasteiger partial charge on any atom is -0.384 e. The van der Waals surface area contributed by atoms with E-state index in [1.54, 1.807) is 0 Å². The standard InChI is InChI=1S/C22H21F4N3O2/c23-14-1-3-16-17(21(30)29-20(16)9-14)12-27-15-2-4-19(18(10-15)22(24,25)26)28-11-13-5-7-31-8-6-13/h1-4,9-10,12-13,27-28H,5-8,11H2,(H,29,30). The van der Waals surface area contributed by atoms with Crippen molar-refractivity contribution in [3.63, 3.8) is 0 Å². The first-order valence-corrected chi connectivity index (χ1v) is 9.92. The first-order valence-electron chi connectivity index (χ1n) is 9.92. The Morgan fingerprint density at radius 2 is 1.90 bits per heavy atom. The van der Waals surface area contributed by atoms with Gasteiger partial charge in [-0.3, -0.25) is 4.79 Å². The highest BCUT2D eigenvalue weighted by atomic mass is 19.4. The second-order valence-electron chi connectivity index (χ2n) is 7.54. The normalized spacial score (nSPS) is 18.1. The number of benzene rings is 2. The number of alkyl halides is 3. The number of nitrogens with one attached hydrogen (secondary N) is 3. The van der Waals surface area contributed by atoms with Crippen LogP contribution in [0.15, 0.2) is 42.6 Å². The lowest BCUT2D eigenvalue weighted by molar-refractivity contribution is -0.136. The lowest BCUT2D eigenvalue weighted by Gasteiger charge is -2.24. The largest absolute Gasteiger partial charge is 0.418 e. The lowest BCUT2D eigenvalue weighted by atomic mass is 10.00. The van der Waals surface area contributed by atoms with Crippen molar-refractivity contribution >= 4 is 28.5 Å². The molecular weight excluding hydrogens is 414 g/mol. The van der Waals surface area contributed by atoms with E-state index in [9.17, 15) is 22.4 Å². The number of halogens is 4. The number of hydrogen-bond acceptors (Lipinski definition) is 4. The van der Waals surface area contributed by atoms with Crippen LogP contribution in [0.5, 0.6) is 0 Å². The van der Waals surface area contributed by atoms with E-state index in [4.69, 9.17) is 4.74 Å². The van der Waals surface area contributed by atoms with Gasteiger partial charge >= 0.3 is 6.18 Å². The van der Waals surface area contributed by atoms with Crippen LogP contribution in [-0.4, -0.2) is 25.7 Å². The summed E-state index contributed by atoms with van der Waals surface area (Å²) < 4.78 is 59.5. The maximum absolute atomic E-state index is 13.6. The SMILES string of the molecule is O=C1Nc2cc(F)ccc2C1=CNc1ccc(NCC2CCOCC2)c(C(F)(F)F)c1. The third-order valence-electron chi connectivity index (χ3n) is 5.39. The van der Waals surface area contributed by atoms with Crippen molar-refractivity contribution in [3.05, 3.63) is 59.5 Å². The molecule has 3 N–H and O–H groups in total. The summed E-state index contributed by atoms with van der Waals surface area (Å²) in [5.41, 5.74) is 0.411. The van der Waals surface area contributed by atoms with Gasteiger partial charge in [0.05, 0.1) is 16.8 Å². The highest BCUT2D eigenvalue weighted by molar-refractivity contribution is 6.31. The second kappa shape index (κ2) is 8.58. The van der Waals surface area contributed by atoms with Crippen LogP contribution in [0, 0.1) is 11.7 Å². The number of hydrogen-bond donors (Lipinski definition) is 3. The Hall–Kier alpha value is -3.07. The zero-order valence-electron chi connectivity index (χ0n) is 16.5. The molecule has 2 aliphatic rings. The van der Waals surface area contributed by atoms with Crippen LogP contribution in [0.3, 0.4) is 0 Å². The first kappa shape index (κ1) is 21.2. The Labute approximate surface area is 176 Å². The number of carbonyl (C=O) groups is 1. The molecule has 0 spiro atoms. The molecule has 0 bridgehead atoms. The topological polar surface area (TPSA) is 62.4 Å². The Bertz CT molecular complexity index is 1010. The van der Waals surface area contributed by atoms with E-state index >= 15 is 0 Å². The minimum absolute atomic E-state index is 0.0108. The van der Waals surface area contributed by atoms with Gasteiger partial charge in [0, 0.05) is 42.9 Å². The maximum atomic E-state index is 13.6. The molecule has 0 aromatic heterocycles. The third-order valence-corrected chi connectivity index (χ3v) is 5.39. The minimum atomic E-state index is -4.54. The van der Waals surface area contributed by atoms with Crippen molar-refractivity contribution in [2.45, 2.75) is 19.0 Å². The van der Waals surface area contributed by atoms with Crippen LogP contribution < -0.4 is 16.0 Å². The van der Waals surface area contributed by atoms with Gasteiger partial charge in [0.25, 0.3) is 5.91 Å². The highest BCUT2D eigenvalue weighted by Crippen LogP contribution is 2.37. The molecule has 0 aliphatic carbocycles. The molecule has 4 rings (SSSR count). The summed E-state index contributed by atoms with van der Waals surface area (Å²) in [7, 11) is 0. The fourth-order valence-electron chi connectivity index (χ4n) is 3.69. The van der Waals surface area contributed by atoms with Crippen LogP contribution in [-0.2, 0) is 15.7 Å². The van der Waals surface area contributed by atoms with Crippen LogP contribution in [0.4, 0.5) is 34.6 Å². The van der Waals surface area contributed by atoms with Gasteiger partial charge in [0.15, 0.2) is 0 Å². The lowest BCUT2D eigenvalue weighted by Crippen LogP contribution is -2.23. The Kier molecular flexibility index (Phi) is 5.86. The van der Waals surface area contributed by atoms with Gasteiger partial charge in [-0.1, -0.05) is 0 Å². The van der Waals surface area contributed by atoms with Gasteiger partial charge in [-0.05, 0) is 55.2 Å². The number of amides is 1. The van der Waals surface area contributed by atoms with E-state index in [-0.39, 0.29) is 22.9 Å². The number of anilines is 3. The number of rotatable bonds is 5. The predicted octanol–water partition coefficient (Wildman–Crippen LogP) is 5.09. The molecule has 164 valence electrons. The Balaban J connectivity index is 1.53. The van der Waals surface area contributed by atoms with Gasteiger partial charge in [-0.15, -0.1) is 0 Å². The van der Waals surface area contributed by atoms with E-state index in [1.807, 2.05) is 0 Å². The van der Waals surface area contributed by atoms with E-state index in [0.29, 0.717) is 31.0 Å². The van der Waals surface area contributed by atoms with Crippen LogP contribution in [0.25, 0.3) is 5.57 Å². The van der Waals surface area contributed by atoms with Crippen molar-refractivity contribution in [1.29, 1.82) is 0 Å². The number of ether oxygens (including phenoxy) is 1. The number of fused-ring (bicyclic) bond motifs is 1. The van der Waals surface area contributed by atoms with Crippen molar-refractivity contribution in [2.24, 2.45) is 5.92 Å².